The minimum Gasteiger partial charge on any atom is -0.387 e. The fourth-order valence-electron chi connectivity index (χ4n) is 6.06. The van der Waals surface area contributed by atoms with E-state index >= 15 is 0 Å². The number of H-pyrrole nitrogens is 2. The van der Waals surface area contributed by atoms with Gasteiger partial charge in [0.05, 0.1) is 32.3 Å². The molecule has 306 valence electrons. The largest absolute Gasteiger partial charge is 0.490 e. The van der Waals surface area contributed by atoms with Crippen LogP contribution in [0.2, 0.25) is 0 Å². The van der Waals surface area contributed by atoms with Crippen molar-refractivity contribution in [2.24, 2.45) is 0 Å². The number of phosphoric ester groups is 2. The molecule has 0 amide bonds. The number of nitrogen functional groups attached to an aromatic ring is 2. The number of rotatable bonds is 14. The number of imidazole rings is 1. The van der Waals surface area contributed by atoms with Crippen molar-refractivity contribution in [1.29, 1.82) is 0 Å². The van der Waals surface area contributed by atoms with E-state index in [9.17, 15) is 53.3 Å². The Kier molecular flexibility index (Phi) is 11.4. The molecule has 3 aliphatic rings. The van der Waals surface area contributed by atoms with Gasteiger partial charge in [0.1, 0.15) is 42.3 Å². The zero-order valence-electron chi connectivity index (χ0n) is 28.7. The van der Waals surface area contributed by atoms with Gasteiger partial charge in [-0.05, 0) is 13.8 Å². The molecule has 0 aliphatic carbocycles. The average Bonchev–Trinajstić information content (AvgIpc) is 3.77. The van der Waals surface area contributed by atoms with E-state index in [2.05, 4.69) is 38.1 Å². The maximum Gasteiger partial charge on any atom is 0.490 e. The Morgan fingerprint density at radius 3 is 2.09 bits per heavy atom. The molecule has 11 atom stereocenters. The van der Waals surface area contributed by atoms with E-state index in [1.807, 2.05) is 0 Å². The highest BCUT2D eigenvalue weighted by atomic mass is 31.3. The molecule has 5 unspecified atom stereocenters. The lowest BCUT2D eigenvalue weighted by molar-refractivity contribution is -0.0776. The van der Waals surface area contributed by atoms with Crippen molar-refractivity contribution in [2.75, 3.05) is 48.2 Å². The summed E-state index contributed by atoms with van der Waals surface area (Å²) in [4.78, 5) is 74.4. The van der Waals surface area contributed by atoms with Crippen LogP contribution in [0.3, 0.4) is 0 Å². The lowest BCUT2D eigenvalue weighted by Gasteiger charge is -2.27. The first kappa shape index (κ1) is 41.2. The number of aromatic amines is 2. The Hall–Kier alpha value is -3.40. The quantitative estimate of drug-likeness (QED) is 0.0730. The van der Waals surface area contributed by atoms with Crippen LogP contribution in [-0.2, 0) is 45.6 Å². The first-order valence-electron chi connectivity index (χ1n) is 15.9. The lowest BCUT2D eigenvalue weighted by Crippen LogP contribution is -2.45. The molecule has 2 saturated heterocycles. The number of phosphoric acid groups is 3. The molecule has 0 spiro atoms. The van der Waals surface area contributed by atoms with Gasteiger partial charge in [0.2, 0.25) is 11.9 Å². The fraction of sp³-hybridized carbons (Fsp3) is 0.625. The van der Waals surface area contributed by atoms with E-state index in [0.717, 1.165) is 10.9 Å². The van der Waals surface area contributed by atoms with Crippen LogP contribution in [0, 0.1) is 0 Å². The zero-order valence-corrected chi connectivity index (χ0v) is 31.3. The summed E-state index contributed by atoms with van der Waals surface area (Å²) >= 11 is 0. The molecular weight excluding hydrogens is 809 g/mol. The van der Waals surface area contributed by atoms with Crippen molar-refractivity contribution in [1.82, 2.24) is 29.5 Å². The van der Waals surface area contributed by atoms with Crippen LogP contribution in [0.5, 0.6) is 0 Å². The van der Waals surface area contributed by atoms with Crippen molar-refractivity contribution in [2.45, 2.75) is 69.0 Å². The topological polar surface area (TPSA) is 405 Å². The number of nitrogens with zero attached hydrogens (tertiary/aromatic N) is 6. The summed E-state index contributed by atoms with van der Waals surface area (Å²) in [7, 11) is -15.8. The highest BCUT2D eigenvalue weighted by Crippen LogP contribution is 2.68. The Labute approximate surface area is 307 Å². The van der Waals surface area contributed by atoms with Crippen molar-refractivity contribution in [3.05, 3.63) is 27.0 Å². The number of hydrogen-bond acceptors (Lipinski definition) is 22. The van der Waals surface area contributed by atoms with E-state index in [-0.39, 0.29) is 41.2 Å². The third kappa shape index (κ3) is 8.64. The number of aromatic nitrogens is 6. The van der Waals surface area contributed by atoms with Crippen molar-refractivity contribution < 1.29 is 75.6 Å². The summed E-state index contributed by atoms with van der Waals surface area (Å²) < 4.78 is 73.9. The zero-order chi connectivity index (χ0) is 40.4. The number of ether oxygens (including phenoxy) is 3. The second kappa shape index (κ2) is 15.2. The third-order valence-electron chi connectivity index (χ3n) is 8.24. The van der Waals surface area contributed by atoms with Gasteiger partial charge in [0, 0.05) is 7.05 Å². The standard InChI is InChI=1S/C24H37N10O18P3/c1-8(2)48-16-10(50-22(15(16)37)33-6-27-11-17(33)28-23(25)30-19(11)38)5-47-54(42,43)52-55(44,45)51-53(40,41)46-4-9-13(35)14(36)21(49-9)34-7-32(3)12-18(34)29-24(26)31-20(12)39/h6,8-10,13-16,21-22,35-37H,4-5,7H2,1-3H3,(H,40,41)(H,42,43)(H,44,45)(H3,25,28,30,38)(H3,26,29,31,39)/t9-,10-,13+,14?,15+,16?,21-,22-/m1/s1. The molecule has 6 heterocycles. The number of aliphatic hydroxyl groups excluding tert-OH is 3. The monoisotopic (exact) mass is 846 g/mol. The van der Waals surface area contributed by atoms with Gasteiger partial charge in [0.25, 0.3) is 11.1 Å². The maximum absolute atomic E-state index is 12.7. The molecule has 0 saturated carbocycles. The molecular formula is C24H37N10O18P3. The van der Waals surface area contributed by atoms with Crippen molar-refractivity contribution in [3.63, 3.8) is 0 Å². The van der Waals surface area contributed by atoms with Gasteiger partial charge in [0.15, 0.2) is 29.4 Å². The summed E-state index contributed by atoms with van der Waals surface area (Å²) in [6.45, 7) is 1.12. The van der Waals surface area contributed by atoms with E-state index < -0.39 is 103 Å². The van der Waals surface area contributed by atoms with Gasteiger partial charge in [-0.3, -0.25) is 33.2 Å². The van der Waals surface area contributed by atoms with Gasteiger partial charge in [-0.25, -0.2) is 18.7 Å². The minimum atomic E-state index is -5.99. The smallest absolute Gasteiger partial charge is 0.387 e. The summed E-state index contributed by atoms with van der Waals surface area (Å²) in [5.41, 5.74) is 9.82. The Morgan fingerprint density at radius 2 is 1.45 bits per heavy atom. The second-order valence-electron chi connectivity index (χ2n) is 12.6. The Bertz CT molecular complexity index is 2190. The van der Waals surface area contributed by atoms with E-state index in [1.54, 1.807) is 13.8 Å². The van der Waals surface area contributed by atoms with Crippen LogP contribution < -0.4 is 32.4 Å². The van der Waals surface area contributed by atoms with Gasteiger partial charge in [-0.15, -0.1) is 0 Å². The molecule has 3 aromatic rings. The van der Waals surface area contributed by atoms with Gasteiger partial charge >= 0.3 is 23.5 Å². The molecule has 31 heteroatoms. The fourth-order valence-corrected chi connectivity index (χ4v) is 9.58. The van der Waals surface area contributed by atoms with Crippen LogP contribution in [-0.4, -0.2) is 135 Å². The number of hydrogen-bond donors (Lipinski definition) is 10. The maximum atomic E-state index is 12.7. The van der Waals surface area contributed by atoms with E-state index in [4.69, 9.17) is 30.2 Å². The van der Waals surface area contributed by atoms with Gasteiger partial charge in [-0.2, -0.15) is 18.6 Å². The van der Waals surface area contributed by atoms with Crippen molar-refractivity contribution >= 4 is 58.0 Å². The molecule has 2 fully saturated rings. The SMILES string of the molecule is CC(C)OC1[C@@H](COP(=O)(O)OP(=O)(O)OP(=O)(O)OC[C@H]2O[C@@H](N3CN(C)c4c3nc(N)[nH]c4=O)C(O)[C@H]2O)O[C@@H](n2cnc3c(=O)[nH]c(N)nc32)[C@H]1O. The Morgan fingerprint density at radius 1 is 0.873 bits per heavy atom. The summed E-state index contributed by atoms with van der Waals surface area (Å²) in [6.07, 6.45) is -11.5. The first-order valence-corrected chi connectivity index (χ1v) is 20.4. The average molecular weight is 847 g/mol. The van der Waals surface area contributed by atoms with Crippen LogP contribution in [0.4, 0.5) is 23.4 Å². The molecule has 12 N–H and O–H groups in total. The predicted octanol–water partition coefficient (Wildman–Crippen LogP) is -2.85. The van der Waals surface area contributed by atoms with Crippen LogP contribution in [0.25, 0.3) is 11.2 Å². The molecule has 6 rings (SSSR count). The van der Waals surface area contributed by atoms with Crippen LogP contribution in [0.1, 0.15) is 20.1 Å². The highest BCUT2D eigenvalue weighted by molar-refractivity contribution is 7.66. The van der Waals surface area contributed by atoms with Gasteiger partial charge in [-0.1, -0.05) is 0 Å². The first-order chi connectivity index (χ1) is 25.6. The van der Waals surface area contributed by atoms with Gasteiger partial charge < -0.3 is 65.5 Å². The third-order valence-corrected chi connectivity index (χ3v) is 12.5. The molecule has 0 aromatic carbocycles. The highest BCUT2D eigenvalue weighted by Gasteiger charge is 2.51. The second-order valence-corrected chi connectivity index (χ2v) is 17.3. The number of nitrogens with one attached hydrogen (secondary N) is 2. The predicted molar refractivity (Wildman–Crippen MR) is 182 cm³/mol. The Balaban J connectivity index is 1.06. The molecule has 28 nitrogen and oxygen atoms in total. The summed E-state index contributed by atoms with van der Waals surface area (Å²) in [5, 5.41) is 32.3. The number of nitrogens with two attached hydrogens (primary N) is 2. The molecule has 55 heavy (non-hydrogen) atoms. The van der Waals surface area contributed by atoms with Crippen LogP contribution in [0.15, 0.2) is 15.9 Å². The lowest BCUT2D eigenvalue weighted by atomic mass is 10.1. The van der Waals surface area contributed by atoms with E-state index in [0.29, 0.717) is 0 Å². The van der Waals surface area contributed by atoms with Crippen LogP contribution >= 0.6 is 23.5 Å². The summed E-state index contributed by atoms with van der Waals surface area (Å²) in [5.74, 6) is -0.528. The van der Waals surface area contributed by atoms with E-state index in [1.165, 1.54) is 16.8 Å². The summed E-state index contributed by atoms with van der Waals surface area (Å²) in [6, 6.07) is 0. The molecule has 3 aliphatic heterocycles. The molecule has 0 bridgehead atoms. The number of aliphatic hydroxyl groups is 3. The normalized spacial score (nSPS) is 30.1. The number of anilines is 4. The molecule has 3 aromatic heterocycles. The number of fused-ring (bicyclic) bond motifs is 2. The minimum absolute atomic E-state index is 0.00209. The van der Waals surface area contributed by atoms with Crippen molar-refractivity contribution in [3.8, 4) is 0 Å². The molecule has 0 radical (unpaired) electrons.